The van der Waals surface area contributed by atoms with Crippen LogP contribution in [0.2, 0.25) is 0 Å². The Labute approximate surface area is 204 Å². The molecule has 35 heavy (non-hydrogen) atoms. The fourth-order valence-electron chi connectivity index (χ4n) is 3.73. The van der Waals surface area contributed by atoms with Crippen LogP contribution in [0, 0.1) is 5.92 Å². The van der Waals surface area contributed by atoms with E-state index in [4.69, 9.17) is 4.74 Å². The summed E-state index contributed by atoms with van der Waals surface area (Å²) in [7, 11) is 0. The van der Waals surface area contributed by atoms with E-state index in [2.05, 4.69) is 10.3 Å². The van der Waals surface area contributed by atoms with E-state index < -0.39 is 18.2 Å². The number of hydrogen-bond donors (Lipinski definition) is 1. The second kappa shape index (κ2) is 10.8. The van der Waals surface area contributed by atoms with E-state index in [9.17, 15) is 14.4 Å². The van der Waals surface area contributed by atoms with Crippen molar-refractivity contribution in [2.45, 2.75) is 26.6 Å². The molecular formula is C28H27N3O4. The number of benzene rings is 3. The molecule has 1 unspecified atom stereocenters. The van der Waals surface area contributed by atoms with Gasteiger partial charge in [0.05, 0.1) is 17.9 Å². The number of para-hydroxylation sites is 1. The van der Waals surface area contributed by atoms with E-state index in [1.807, 2.05) is 78.9 Å². The Morgan fingerprint density at radius 2 is 1.57 bits per heavy atom. The van der Waals surface area contributed by atoms with Crippen LogP contribution in [0.25, 0.3) is 0 Å². The molecule has 0 aliphatic carbocycles. The molecule has 0 radical (unpaired) electrons. The summed E-state index contributed by atoms with van der Waals surface area (Å²) < 4.78 is 5.34. The second-order valence-electron chi connectivity index (χ2n) is 8.51. The van der Waals surface area contributed by atoms with Gasteiger partial charge < -0.3 is 9.64 Å². The van der Waals surface area contributed by atoms with Crippen molar-refractivity contribution >= 4 is 29.2 Å². The average Bonchev–Trinajstić information content (AvgIpc) is 2.99. The molecular weight excluding hydrogens is 442 g/mol. The third-order valence-electron chi connectivity index (χ3n) is 5.68. The molecule has 178 valence electrons. The molecule has 0 spiro atoms. The number of hydrogen-bond acceptors (Lipinski definition) is 5. The first-order chi connectivity index (χ1) is 16.9. The van der Waals surface area contributed by atoms with Gasteiger partial charge in [-0.3, -0.25) is 14.9 Å². The van der Waals surface area contributed by atoms with Crippen LogP contribution in [0.1, 0.15) is 30.5 Å². The molecule has 0 aromatic heterocycles. The maximum absolute atomic E-state index is 13.6. The average molecular weight is 470 g/mol. The SMILES string of the molecule is CC(C)C(=O)CN1C(=O)C(NC(=O)OCc2ccccc2)N=C(c2ccccc2)c2ccccc21. The number of Topliss-reactive ketones (excluding diaryl/α,β-unsaturated/α-hetero) is 1. The third-order valence-corrected chi connectivity index (χ3v) is 5.68. The summed E-state index contributed by atoms with van der Waals surface area (Å²) in [5, 5.41) is 2.59. The lowest BCUT2D eigenvalue weighted by Gasteiger charge is -2.25. The lowest BCUT2D eigenvalue weighted by molar-refractivity contribution is -0.125. The predicted molar refractivity (Wildman–Crippen MR) is 134 cm³/mol. The van der Waals surface area contributed by atoms with Crippen LogP contribution in [0.15, 0.2) is 89.9 Å². The Morgan fingerprint density at radius 1 is 0.943 bits per heavy atom. The normalized spacial score (nSPS) is 15.2. The maximum atomic E-state index is 13.6. The Hall–Kier alpha value is -4.26. The van der Waals surface area contributed by atoms with Crippen LogP contribution >= 0.6 is 0 Å². The van der Waals surface area contributed by atoms with Gasteiger partial charge in [0, 0.05) is 17.0 Å². The topological polar surface area (TPSA) is 88.1 Å². The molecule has 1 aliphatic rings. The van der Waals surface area contributed by atoms with Crippen molar-refractivity contribution in [1.82, 2.24) is 5.32 Å². The van der Waals surface area contributed by atoms with E-state index in [-0.39, 0.29) is 24.9 Å². The van der Waals surface area contributed by atoms with E-state index in [1.54, 1.807) is 19.9 Å². The highest BCUT2D eigenvalue weighted by Gasteiger charge is 2.34. The number of ketones is 1. The lowest BCUT2D eigenvalue weighted by atomic mass is 10.00. The molecule has 3 aromatic rings. The molecule has 7 heteroatoms. The first kappa shape index (κ1) is 23.9. The molecule has 0 fully saturated rings. The number of fused-ring (bicyclic) bond motifs is 1. The molecule has 4 rings (SSSR count). The largest absolute Gasteiger partial charge is 0.445 e. The molecule has 0 saturated carbocycles. The van der Waals surface area contributed by atoms with Crippen molar-refractivity contribution in [1.29, 1.82) is 0 Å². The van der Waals surface area contributed by atoms with Gasteiger partial charge in [0.25, 0.3) is 5.91 Å². The molecule has 3 aromatic carbocycles. The number of anilines is 1. The fourth-order valence-corrected chi connectivity index (χ4v) is 3.73. The minimum Gasteiger partial charge on any atom is -0.445 e. The van der Waals surface area contributed by atoms with Crippen molar-refractivity contribution in [2.75, 3.05) is 11.4 Å². The number of rotatable bonds is 7. The number of carbonyl (C=O) groups is 3. The number of carbonyl (C=O) groups excluding carboxylic acids is 3. The third kappa shape index (κ3) is 5.63. The molecule has 0 saturated heterocycles. The molecule has 1 heterocycles. The zero-order valence-electron chi connectivity index (χ0n) is 19.7. The van der Waals surface area contributed by atoms with Crippen LogP contribution in [0.4, 0.5) is 10.5 Å². The maximum Gasteiger partial charge on any atom is 0.409 e. The molecule has 1 N–H and O–H groups in total. The zero-order valence-corrected chi connectivity index (χ0v) is 19.7. The first-order valence-corrected chi connectivity index (χ1v) is 11.5. The monoisotopic (exact) mass is 469 g/mol. The minimum absolute atomic E-state index is 0.0542. The van der Waals surface area contributed by atoms with Crippen LogP contribution in [0.3, 0.4) is 0 Å². The van der Waals surface area contributed by atoms with Gasteiger partial charge in [-0.2, -0.15) is 0 Å². The van der Waals surface area contributed by atoms with Crippen LogP contribution in [0.5, 0.6) is 0 Å². The number of nitrogens with zero attached hydrogens (tertiary/aromatic N) is 2. The number of benzodiazepines with no additional fused rings is 1. The molecule has 1 atom stereocenters. The Morgan fingerprint density at radius 3 is 2.26 bits per heavy atom. The highest BCUT2D eigenvalue weighted by atomic mass is 16.5. The van der Waals surface area contributed by atoms with Crippen LogP contribution in [-0.4, -0.2) is 36.2 Å². The van der Waals surface area contributed by atoms with E-state index in [1.165, 1.54) is 4.90 Å². The Kier molecular flexibility index (Phi) is 7.35. The second-order valence-corrected chi connectivity index (χ2v) is 8.51. The highest BCUT2D eigenvalue weighted by molar-refractivity contribution is 6.20. The van der Waals surface area contributed by atoms with Crippen LogP contribution < -0.4 is 10.2 Å². The standard InChI is InChI=1S/C28H27N3O4/c1-19(2)24(32)17-31-23-16-10-9-15-22(23)25(21-13-7-4-8-14-21)29-26(27(31)33)30-28(34)35-18-20-11-5-3-6-12-20/h3-16,19,26H,17-18H2,1-2H3,(H,30,34). The lowest BCUT2D eigenvalue weighted by Crippen LogP contribution is -2.49. The van der Waals surface area contributed by atoms with Crippen molar-refractivity contribution in [3.05, 3.63) is 102 Å². The number of amides is 2. The zero-order chi connectivity index (χ0) is 24.8. The number of nitrogens with one attached hydrogen (secondary N) is 1. The van der Waals surface area contributed by atoms with E-state index in [0.717, 1.165) is 11.1 Å². The number of alkyl carbamates (subject to hydrolysis) is 1. The smallest absolute Gasteiger partial charge is 0.409 e. The van der Waals surface area contributed by atoms with Crippen molar-refractivity contribution in [3.63, 3.8) is 0 Å². The summed E-state index contributed by atoms with van der Waals surface area (Å²) in [6.45, 7) is 3.51. The summed E-state index contributed by atoms with van der Waals surface area (Å²) >= 11 is 0. The summed E-state index contributed by atoms with van der Waals surface area (Å²) in [6.07, 6.45) is -2.04. The summed E-state index contributed by atoms with van der Waals surface area (Å²) in [6, 6.07) is 26.0. The predicted octanol–water partition coefficient (Wildman–Crippen LogP) is 4.35. The quantitative estimate of drug-likeness (QED) is 0.557. The van der Waals surface area contributed by atoms with Gasteiger partial charge in [0.1, 0.15) is 6.61 Å². The van der Waals surface area contributed by atoms with E-state index >= 15 is 0 Å². The Bertz CT molecular complexity index is 1240. The summed E-state index contributed by atoms with van der Waals surface area (Å²) in [5.74, 6) is -0.856. The van der Waals surface area contributed by atoms with Gasteiger partial charge in [0.15, 0.2) is 5.78 Å². The van der Waals surface area contributed by atoms with Gasteiger partial charge in [-0.25, -0.2) is 9.79 Å². The van der Waals surface area contributed by atoms with E-state index in [0.29, 0.717) is 17.0 Å². The number of aliphatic imine (C=N–C) groups is 1. The molecule has 1 aliphatic heterocycles. The van der Waals surface area contributed by atoms with Gasteiger partial charge in [-0.1, -0.05) is 92.7 Å². The Balaban J connectivity index is 1.69. The molecule has 0 bridgehead atoms. The van der Waals surface area contributed by atoms with Gasteiger partial charge in [0.2, 0.25) is 6.17 Å². The van der Waals surface area contributed by atoms with Crippen molar-refractivity contribution in [2.24, 2.45) is 10.9 Å². The highest BCUT2D eigenvalue weighted by Crippen LogP contribution is 2.28. The van der Waals surface area contributed by atoms with Crippen molar-refractivity contribution < 1.29 is 19.1 Å². The minimum atomic E-state index is -1.26. The fraction of sp³-hybridized carbons (Fsp3) is 0.214. The number of ether oxygens (including phenoxy) is 1. The van der Waals surface area contributed by atoms with Gasteiger partial charge >= 0.3 is 6.09 Å². The van der Waals surface area contributed by atoms with Crippen molar-refractivity contribution in [3.8, 4) is 0 Å². The molecule has 7 nitrogen and oxygen atoms in total. The first-order valence-electron chi connectivity index (χ1n) is 11.5. The summed E-state index contributed by atoms with van der Waals surface area (Å²) in [4.78, 5) is 45.0. The van der Waals surface area contributed by atoms with Gasteiger partial charge in [-0.05, 0) is 11.6 Å². The van der Waals surface area contributed by atoms with Crippen LogP contribution in [-0.2, 0) is 20.9 Å². The summed E-state index contributed by atoms with van der Waals surface area (Å²) in [5.41, 5.74) is 3.41. The molecule has 2 amide bonds. The van der Waals surface area contributed by atoms with Gasteiger partial charge in [-0.15, -0.1) is 0 Å².